The monoisotopic (exact) mass is 326 g/mol. The van der Waals surface area contributed by atoms with Crippen molar-refractivity contribution in [3.8, 4) is 0 Å². The van der Waals surface area contributed by atoms with Crippen LogP contribution < -0.4 is 5.32 Å². The number of aromatic nitrogens is 1. The van der Waals surface area contributed by atoms with Gasteiger partial charge in [0.25, 0.3) is 0 Å². The second kappa shape index (κ2) is 4.45. The van der Waals surface area contributed by atoms with E-state index in [1.54, 1.807) is 0 Å². The van der Waals surface area contributed by atoms with Crippen LogP contribution in [-0.2, 0) is 12.8 Å². The van der Waals surface area contributed by atoms with Crippen LogP contribution in [0.25, 0.3) is 21.7 Å². The summed E-state index contributed by atoms with van der Waals surface area (Å²) in [7, 11) is 2.01. The second-order valence-corrected chi connectivity index (χ2v) is 6.17. The molecule has 20 heavy (non-hydrogen) atoms. The van der Waals surface area contributed by atoms with Gasteiger partial charge in [-0.05, 0) is 36.3 Å². The maximum atomic E-state index is 4.97. The third kappa shape index (κ3) is 1.59. The van der Waals surface area contributed by atoms with E-state index < -0.39 is 0 Å². The van der Waals surface area contributed by atoms with E-state index >= 15 is 0 Å². The summed E-state index contributed by atoms with van der Waals surface area (Å²) < 4.78 is 1.14. The maximum Gasteiger partial charge on any atom is 0.0805 e. The molecule has 0 amide bonds. The van der Waals surface area contributed by atoms with Crippen molar-refractivity contribution in [3.63, 3.8) is 0 Å². The Morgan fingerprint density at radius 1 is 1.10 bits per heavy atom. The average molecular weight is 327 g/mol. The van der Waals surface area contributed by atoms with Gasteiger partial charge in [0.1, 0.15) is 0 Å². The third-order valence-corrected chi connectivity index (χ3v) is 4.88. The summed E-state index contributed by atoms with van der Waals surface area (Å²) in [5, 5.41) is 7.08. The first-order valence-corrected chi connectivity index (χ1v) is 7.79. The van der Waals surface area contributed by atoms with Crippen LogP contribution in [0.5, 0.6) is 0 Å². The summed E-state index contributed by atoms with van der Waals surface area (Å²) in [5.41, 5.74) is 5.05. The molecule has 1 aliphatic rings. The Kier molecular flexibility index (Phi) is 2.71. The van der Waals surface area contributed by atoms with Crippen LogP contribution in [0, 0.1) is 0 Å². The minimum absolute atomic E-state index is 1.10. The van der Waals surface area contributed by atoms with Crippen LogP contribution in [0.1, 0.15) is 17.7 Å². The molecule has 1 heterocycles. The van der Waals surface area contributed by atoms with Crippen molar-refractivity contribution >= 4 is 43.3 Å². The first-order valence-electron chi connectivity index (χ1n) is 7.00. The summed E-state index contributed by atoms with van der Waals surface area (Å²) >= 11 is 3.71. The van der Waals surface area contributed by atoms with E-state index in [1.807, 2.05) is 7.05 Å². The quantitative estimate of drug-likeness (QED) is 0.657. The number of hydrogen-bond donors (Lipinski definition) is 1. The SMILES string of the molecule is CNc1c2c(nc3c1cc(Br)c1ccccc13)CCC2. The molecule has 100 valence electrons. The van der Waals surface area contributed by atoms with E-state index in [2.05, 4.69) is 51.6 Å². The van der Waals surface area contributed by atoms with Gasteiger partial charge in [0.15, 0.2) is 0 Å². The summed E-state index contributed by atoms with van der Waals surface area (Å²) in [4.78, 5) is 4.97. The number of benzene rings is 2. The highest BCUT2D eigenvalue weighted by Crippen LogP contribution is 2.39. The number of hydrogen-bond acceptors (Lipinski definition) is 2. The topological polar surface area (TPSA) is 24.9 Å². The zero-order chi connectivity index (χ0) is 13.7. The predicted octanol–water partition coefficient (Wildman–Crippen LogP) is 4.68. The van der Waals surface area contributed by atoms with Gasteiger partial charge in [0.2, 0.25) is 0 Å². The number of fused-ring (bicyclic) bond motifs is 4. The molecule has 0 saturated heterocycles. The number of nitrogens with zero attached hydrogens (tertiary/aromatic N) is 1. The van der Waals surface area contributed by atoms with Crippen molar-refractivity contribution in [1.82, 2.24) is 4.98 Å². The first-order chi connectivity index (χ1) is 9.79. The van der Waals surface area contributed by atoms with Crippen molar-refractivity contribution in [2.75, 3.05) is 12.4 Å². The van der Waals surface area contributed by atoms with Crippen LogP contribution >= 0.6 is 15.9 Å². The highest BCUT2D eigenvalue weighted by atomic mass is 79.9. The number of nitrogens with one attached hydrogen (secondary N) is 1. The Morgan fingerprint density at radius 3 is 2.70 bits per heavy atom. The fourth-order valence-electron chi connectivity index (χ4n) is 3.33. The Hall–Kier alpha value is -1.61. The lowest BCUT2D eigenvalue weighted by molar-refractivity contribution is 0.901. The van der Waals surface area contributed by atoms with Gasteiger partial charge in [-0.3, -0.25) is 4.98 Å². The van der Waals surface area contributed by atoms with E-state index in [1.165, 1.54) is 39.5 Å². The number of anilines is 1. The summed E-state index contributed by atoms with van der Waals surface area (Å²) in [5.74, 6) is 0. The predicted molar refractivity (Wildman–Crippen MR) is 88.5 cm³/mol. The van der Waals surface area contributed by atoms with Crippen LogP contribution in [0.4, 0.5) is 5.69 Å². The Bertz CT molecular complexity index is 839. The molecule has 2 nitrogen and oxygen atoms in total. The zero-order valence-corrected chi connectivity index (χ0v) is 12.9. The molecular formula is C17H15BrN2. The van der Waals surface area contributed by atoms with Crippen molar-refractivity contribution in [3.05, 3.63) is 46.1 Å². The molecule has 0 unspecified atom stereocenters. The molecular weight excluding hydrogens is 312 g/mol. The molecule has 0 atom stereocenters. The lowest BCUT2D eigenvalue weighted by Crippen LogP contribution is -2.00. The largest absolute Gasteiger partial charge is 0.387 e. The lowest BCUT2D eigenvalue weighted by atomic mass is 10.0. The summed E-state index contributed by atoms with van der Waals surface area (Å²) in [6.45, 7) is 0. The number of halogens is 1. The molecule has 0 spiro atoms. The maximum absolute atomic E-state index is 4.97. The number of aryl methyl sites for hydroxylation is 1. The number of pyridine rings is 1. The second-order valence-electron chi connectivity index (χ2n) is 5.32. The highest BCUT2D eigenvalue weighted by Gasteiger charge is 2.20. The normalized spacial score (nSPS) is 13.9. The fourth-order valence-corrected chi connectivity index (χ4v) is 3.91. The smallest absolute Gasteiger partial charge is 0.0805 e. The van der Waals surface area contributed by atoms with Crippen molar-refractivity contribution in [1.29, 1.82) is 0 Å². The molecule has 3 aromatic rings. The Labute approximate surface area is 126 Å². The summed E-state index contributed by atoms with van der Waals surface area (Å²) in [6, 6.07) is 10.7. The molecule has 1 N–H and O–H groups in total. The third-order valence-electron chi connectivity index (χ3n) is 4.22. The van der Waals surface area contributed by atoms with Gasteiger partial charge in [-0.25, -0.2) is 0 Å². The van der Waals surface area contributed by atoms with Gasteiger partial charge in [0, 0.05) is 33.7 Å². The first kappa shape index (κ1) is 12.2. The molecule has 0 aliphatic heterocycles. The molecule has 1 aliphatic carbocycles. The average Bonchev–Trinajstić information content (AvgIpc) is 2.94. The summed E-state index contributed by atoms with van der Waals surface area (Å²) in [6.07, 6.45) is 3.45. The fraction of sp³-hybridized carbons (Fsp3) is 0.235. The van der Waals surface area contributed by atoms with E-state index in [9.17, 15) is 0 Å². The molecule has 4 rings (SSSR count). The molecule has 0 radical (unpaired) electrons. The molecule has 0 fully saturated rings. The van der Waals surface area contributed by atoms with Crippen LogP contribution in [-0.4, -0.2) is 12.0 Å². The van der Waals surface area contributed by atoms with Gasteiger partial charge < -0.3 is 5.32 Å². The minimum Gasteiger partial charge on any atom is -0.387 e. The molecule has 1 aromatic heterocycles. The van der Waals surface area contributed by atoms with E-state index in [-0.39, 0.29) is 0 Å². The molecule has 2 aromatic carbocycles. The minimum atomic E-state index is 1.10. The van der Waals surface area contributed by atoms with E-state index in [0.29, 0.717) is 0 Å². The van der Waals surface area contributed by atoms with Gasteiger partial charge in [-0.2, -0.15) is 0 Å². The van der Waals surface area contributed by atoms with Gasteiger partial charge in [-0.1, -0.05) is 40.2 Å². The number of rotatable bonds is 1. The van der Waals surface area contributed by atoms with Crippen LogP contribution in [0.3, 0.4) is 0 Å². The molecule has 3 heteroatoms. The molecule has 0 bridgehead atoms. The Balaban J connectivity index is 2.24. The Morgan fingerprint density at radius 2 is 1.90 bits per heavy atom. The van der Waals surface area contributed by atoms with Crippen LogP contribution in [0.2, 0.25) is 0 Å². The highest BCUT2D eigenvalue weighted by molar-refractivity contribution is 9.10. The zero-order valence-electron chi connectivity index (χ0n) is 11.3. The standard InChI is InChI=1S/C17H15BrN2/c1-19-16-12-7-4-8-15(12)20-17-11-6-3-2-5-10(11)14(18)9-13(16)17/h2-3,5-6,9H,4,7-8H2,1H3,(H,19,20). The van der Waals surface area contributed by atoms with Gasteiger partial charge in [0.05, 0.1) is 5.52 Å². The van der Waals surface area contributed by atoms with Gasteiger partial charge in [-0.15, -0.1) is 0 Å². The van der Waals surface area contributed by atoms with Crippen molar-refractivity contribution in [2.24, 2.45) is 0 Å². The van der Waals surface area contributed by atoms with E-state index in [0.717, 1.165) is 22.8 Å². The molecule has 0 saturated carbocycles. The van der Waals surface area contributed by atoms with Crippen molar-refractivity contribution < 1.29 is 0 Å². The van der Waals surface area contributed by atoms with E-state index in [4.69, 9.17) is 4.98 Å². The van der Waals surface area contributed by atoms with Crippen molar-refractivity contribution in [2.45, 2.75) is 19.3 Å². The van der Waals surface area contributed by atoms with Crippen LogP contribution in [0.15, 0.2) is 34.8 Å². The van der Waals surface area contributed by atoms with Gasteiger partial charge >= 0.3 is 0 Å². The lowest BCUT2D eigenvalue weighted by Gasteiger charge is -2.14.